The molecule has 0 N–H and O–H groups in total. The molecule has 2 heteroatoms. The lowest BCUT2D eigenvalue weighted by Gasteiger charge is -2.24. The highest BCUT2D eigenvalue weighted by atomic mass is 16.1. The number of carbonyl (C=O) groups excluding carboxylic acids is 1. The summed E-state index contributed by atoms with van der Waals surface area (Å²) in [5.41, 5.74) is 3.65. The van der Waals surface area contributed by atoms with Gasteiger partial charge in [0.2, 0.25) is 0 Å². The lowest BCUT2D eigenvalue weighted by Crippen LogP contribution is -2.20. The van der Waals surface area contributed by atoms with E-state index in [1.807, 2.05) is 12.1 Å². The van der Waals surface area contributed by atoms with Crippen LogP contribution in [0.5, 0.6) is 0 Å². The van der Waals surface area contributed by atoms with E-state index >= 15 is 0 Å². The summed E-state index contributed by atoms with van der Waals surface area (Å²) in [6, 6.07) is 12.5. The fraction of sp³-hybridized carbons (Fsp3) is 0.200. The third-order valence-corrected chi connectivity index (χ3v) is 3.32. The van der Waals surface area contributed by atoms with Crippen molar-refractivity contribution in [3.8, 4) is 11.1 Å². The van der Waals surface area contributed by atoms with Gasteiger partial charge in [-0.05, 0) is 34.7 Å². The van der Waals surface area contributed by atoms with Crippen molar-refractivity contribution in [2.75, 3.05) is 0 Å². The van der Waals surface area contributed by atoms with E-state index in [4.69, 9.17) is 0 Å². The summed E-state index contributed by atoms with van der Waals surface area (Å²) >= 11 is 0. The maximum atomic E-state index is 11.0. The molecule has 1 aromatic carbocycles. The Hall–Kier alpha value is -1.96. The summed E-state index contributed by atoms with van der Waals surface area (Å²) in [4.78, 5) is 15.1. The highest BCUT2D eigenvalue weighted by molar-refractivity contribution is 5.86. The van der Waals surface area contributed by atoms with E-state index < -0.39 is 0 Å². The number of pyridine rings is 1. The van der Waals surface area contributed by atoms with Gasteiger partial charge in [-0.15, -0.1) is 0 Å². The highest BCUT2D eigenvalue weighted by Crippen LogP contribution is 2.35. The van der Waals surface area contributed by atoms with Crippen LogP contribution in [0.25, 0.3) is 11.1 Å². The van der Waals surface area contributed by atoms with E-state index in [-0.39, 0.29) is 0 Å². The Kier molecular flexibility index (Phi) is 2.48. The molecule has 1 saturated carbocycles. The Morgan fingerprint density at radius 1 is 1.00 bits per heavy atom. The van der Waals surface area contributed by atoms with Crippen molar-refractivity contribution < 1.29 is 4.79 Å². The molecule has 0 atom stereocenters. The van der Waals surface area contributed by atoms with E-state index in [0.717, 1.165) is 0 Å². The molecule has 3 rings (SSSR count). The number of aromatic nitrogens is 1. The summed E-state index contributed by atoms with van der Waals surface area (Å²) < 4.78 is 0. The summed E-state index contributed by atoms with van der Waals surface area (Å²) in [5.74, 6) is 0.814. The topological polar surface area (TPSA) is 30.0 Å². The molecule has 0 radical (unpaired) electrons. The van der Waals surface area contributed by atoms with Crippen LogP contribution >= 0.6 is 0 Å². The van der Waals surface area contributed by atoms with Crippen LogP contribution in [0.15, 0.2) is 48.8 Å². The number of Topliss-reactive ketones (excluding diaryl/α,β-unsaturated/α-hetero) is 1. The molecule has 1 aromatic heterocycles. The zero-order valence-corrected chi connectivity index (χ0v) is 9.47. The van der Waals surface area contributed by atoms with Gasteiger partial charge in [-0.2, -0.15) is 0 Å². The van der Waals surface area contributed by atoms with Gasteiger partial charge in [0.1, 0.15) is 5.78 Å². The minimum Gasteiger partial charge on any atom is -0.300 e. The van der Waals surface area contributed by atoms with Gasteiger partial charge < -0.3 is 0 Å². The van der Waals surface area contributed by atoms with Gasteiger partial charge in [0.05, 0.1) is 0 Å². The van der Waals surface area contributed by atoms with E-state index in [9.17, 15) is 4.79 Å². The van der Waals surface area contributed by atoms with Gasteiger partial charge in [-0.1, -0.05) is 24.3 Å². The van der Waals surface area contributed by atoms with E-state index in [2.05, 4.69) is 29.2 Å². The molecule has 0 bridgehead atoms. The predicted molar refractivity (Wildman–Crippen MR) is 66.7 cm³/mol. The Balaban J connectivity index is 1.92. The van der Waals surface area contributed by atoms with Crippen LogP contribution in [0, 0.1) is 0 Å². The first kappa shape index (κ1) is 10.2. The molecule has 1 fully saturated rings. The average molecular weight is 223 g/mol. The van der Waals surface area contributed by atoms with Crippen molar-refractivity contribution >= 4 is 5.78 Å². The van der Waals surface area contributed by atoms with E-state index in [1.165, 1.54) is 16.7 Å². The number of ketones is 1. The van der Waals surface area contributed by atoms with Gasteiger partial charge in [0.15, 0.2) is 0 Å². The molecule has 0 unspecified atom stereocenters. The van der Waals surface area contributed by atoms with Gasteiger partial charge in [0, 0.05) is 25.2 Å². The van der Waals surface area contributed by atoms with Crippen LogP contribution in [0.2, 0.25) is 0 Å². The molecule has 0 aliphatic heterocycles. The molecule has 0 saturated heterocycles. The zero-order valence-electron chi connectivity index (χ0n) is 9.47. The normalized spacial score (nSPS) is 15.6. The number of benzene rings is 1. The van der Waals surface area contributed by atoms with Crippen molar-refractivity contribution in [2.24, 2.45) is 0 Å². The van der Waals surface area contributed by atoms with Gasteiger partial charge in [0.25, 0.3) is 0 Å². The monoisotopic (exact) mass is 223 g/mol. The Labute approximate surface area is 100 Å². The minimum atomic E-state index is 0.379. The largest absolute Gasteiger partial charge is 0.300 e. The Bertz CT molecular complexity index is 540. The van der Waals surface area contributed by atoms with E-state index in [1.54, 1.807) is 12.4 Å². The van der Waals surface area contributed by atoms with Crippen molar-refractivity contribution in [1.82, 2.24) is 4.98 Å². The molecular formula is C15H13NO. The molecule has 2 aromatic rings. The summed E-state index contributed by atoms with van der Waals surface area (Å²) in [6.07, 6.45) is 5.02. The smallest absolute Gasteiger partial charge is 0.134 e. The average Bonchev–Trinajstić information content (AvgIpc) is 2.36. The maximum Gasteiger partial charge on any atom is 0.134 e. The third-order valence-electron chi connectivity index (χ3n) is 3.32. The van der Waals surface area contributed by atoms with Crippen LogP contribution in [-0.4, -0.2) is 10.8 Å². The summed E-state index contributed by atoms with van der Waals surface area (Å²) in [6.45, 7) is 0. The third kappa shape index (κ3) is 1.98. The molecule has 2 nitrogen and oxygen atoms in total. The van der Waals surface area contributed by atoms with Gasteiger partial charge >= 0.3 is 0 Å². The van der Waals surface area contributed by atoms with Crippen LogP contribution in [0.4, 0.5) is 0 Å². The van der Waals surface area contributed by atoms with E-state index in [0.29, 0.717) is 24.5 Å². The molecule has 1 aliphatic rings. The lowest BCUT2D eigenvalue weighted by molar-refractivity contribution is -0.124. The number of hydrogen-bond acceptors (Lipinski definition) is 2. The lowest BCUT2D eigenvalue weighted by atomic mass is 9.78. The van der Waals surface area contributed by atoms with Crippen molar-refractivity contribution in [2.45, 2.75) is 18.8 Å². The first-order valence-electron chi connectivity index (χ1n) is 5.85. The molecular weight excluding hydrogens is 210 g/mol. The van der Waals surface area contributed by atoms with Crippen LogP contribution in [0.3, 0.4) is 0 Å². The van der Waals surface area contributed by atoms with Crippen molar-refractivity contribution in [3.05, 3.63) is 54.4 Å². The number of hydrogen-bond donors (Lipinski definition) is 0. The molecule has 0 amide bonds. The fourth-order valence-corrected chi connectivity index (χ4v) is 2.24. The molecule has 1 heterocycles. The second-order valence-electron chi connectivity index (χ2n) is 4.51. The number of carbonyl (C=O) groups is 1. The van der Waals surface area contributed by atoms with Crippen molar-refractivity contribution in [3.63, 3.8) is 0 Å². The van der Waals surface area contributed by atoms with Crippen molar-refractivity contribution in [1.29, 1.82) is 0 Å². The summed E-state index contributed by atoms with van der Waals surface area (Å²) in [5, 5.41) is 0. The zero-order chi connectivity index (χ0) is 11.7. The Morgan fingerprint density at radius 3 is 2.47 bits per heavy atom. The van der Waals surface area contributed by atoms with Crippen LogP contribution < -0.4 is 0 Å². The molecule has 17 heavy (non-hydrogen) atoms. The Morgan fingerprint density at radius 2 is 1.76 bits per heavy atom. The second kappa shape index (κ2) is 4.13. The second-order valence-corrected chi connectivity index (χ2v) is 4.51. The first-order chi connectivity index (χ1) is 8.33. The maximum absolute atomic E-state index is 11.0. The predicted octanol–water partition coefficient (Wildman–Crippen LogP) is 3.20. The van der Waals surface area contributed by atoms with Crippen LogP contribution in [-0.2, 0) is 4.79 Å². The fourth-order valence-electron chi connectivity index (χ4n) is 2.24. The van der Waals surface area contributed by atoms with Crippen LogP contribution in [0.1, 0.15) is 24.3 Å². The first-order valence-corrected chi connectivity index (χ1v) is 5.85. The minimum absolute atomic E-state index is 0.379. The van der Waals surface area contributed by atoms with Gasteiger partial charge in [-0.25, -0.2) is 0 Å². The van der Waals surface area contributed by atoms with Gasteiger partial charge in [-0.3, -0.25) is 9.78 Å². The molecule has 1 aliphatic carbocycles. The quantitative estimate of drug-likeness (QED) is 0.782. The SMILES string of the molecule is O=C1CC(c2cccc(-c3ccncc3)c2)C1. The number of rotatable bonds is 2. The standard InChI is InChI=1S/C15H13NO/c17-15-9-14(10-15)13-3-1-2-12(8-13)11-4-6-16-7-5-11/h1-8,14H,9-10H2. The molecule has 84 valence electrons. The highest BCUT2D eigenvalue weighted by Gasteiger charge is 2.27. The summed E-state index contributed by atoms with van der Waals surface area (Å²) in [7, 11) is 0. The molecule has 0 spiro atoms. The number of nitrogens with zero attached hydrogens (tertiary/aromatic N) is 1.